The number of nitro benzene ring substituents is 1. The van der Waals surface area contributed by atoms with Gasteiger partial charge >= 0.3 is 0 Å². The fourth-order valence-corrected chi connectivity index (χ4v) is 2.14. The third-order valence-electron chi connectivity index (χ3n) is 2.93. The van der Waals surface area contributed by atoms with Crippen molar-refractivity contribution < 1.29 is 4.92 Å². The summed E-state index contributed by atoms with van der Waals surface area (Å²) in [4.78, 5) is 10.3. The molecule has 20 heavy (non-hydrogen) atoms. The number of non-ortho nitro benzene ring substituents is 1. The Kier molecular flexibility index (Phi) is 4.58. The molecule has 1 atom stereocenters. The molecule has 0 aliphatic carbocycles. The maximum atomic E-state index is 10.7. The van der Waals surface area contributed by atoms with Crippen molar-refractivity contribution in [3.05, 3.63) is 69.2 Å². The third kappa shape index (κ3) is 3.96. The molecule has 4 nitrogen and oxygen atoms in total. The normalized spacial score (nSPS) is 11.9. The van der Waals surface area contributed by atoms with E-state index in [1.165, 1.54) is 11.6 Å². The van der Waals surface area contributed by atoms with Crippen molar-refractivity contribution in [2.24, 2.45) is 0 Å². The summed E-state index contributed by atoms with van der Waals surface area (Å²) < 4.78 is 0. The molecular weight excluding hydrogens is 276 g/mol. The van der Waals surface area contributed by atoms with Gasteiger partial charge in [0.25, 0.3) is 5.69 Å². The van der Waals surface area contributed by atoms with Gasteiger partial charge in [-0.25, -0.2) is 0 Å². The van der Waals surface area contributed by atoms with Crippen LogP contribution in [0.4, 0.5) is 11.4 Å². The molecule has 2 aromatic rings. The first kappa shape index (κ1) is 14.3. The SMILES string of the molecule is CC(Cc1ccc(Cl)cc1)Nc1cccc([N+](=O)[O-])c1. The first-order chi connectivity index (χ1) is 9.54. The standard InChI is InChI=1S/C15H15ClN2O2/c1-11(9-12-5-7-13(16)8-6-12)17-14-3-2-4-15(10-14)18(19)20/h2-8,10-11,17H,9H2,1H3. The summed E-state index contributed by atoms with van der Waals surface area (Å²) in [7, 11) is 0. The highest BCUT2D eigenvalue weighted by Crippen LogP contribution is 2.19. The zero-order valence-electron chi connectivity index (χ0n) is 11.0. The minimum absolute atomic E-state index is 0.0914. The highest BCUT2D eigenvalue weighted by molar-refractivity contribution is 6.30. The number of nitrogens with one attached hydrogen (secondary N) is 1. The minimum atomic E-state index is -0.394. The van der Waals surface area contributed by atoms with Crippen molar-refractivity contribution in [2.75, 3.05) is 5.32 Å². The average molecular weight is 291 g/mol. The lowest BCUT2D eigenvalue weighted by molar-refractivity contribution is -0.384. The van der Waals surface area contributed by atoms with Crippen LogP contribution in [0.15, 0.2) is 48.5 Å². The van der Waals surface area contributed by atoms with Gasteiger partial charge in [-0.1, -0.05) is 29.8 Å². The van der Waals surface area contributed by atoms with Gasteiger partial charge in [-0.2, -0.15) is 0 Å². The summed E-state index contributed by atoms with van der Waals surface area (Å²) in [5.74, 6) is 0. The van der Waals surface area contributed by atoms with Gasteiger partial charge in [0.2, 0.25) is 0 Å². The smallest absolute Gasteiger partial charge is 0.271 e. The van der Waals surface area contributed by atoms with E-state index in [9.17, 15) is 10.1 Å². The molecule has 0 aliphatic heterocycles. The number of benzene rings is 2. The van der Waals surface area contributed by atoms with E-state index >= 15 is 0 Å². The van der Waals surface area contributed by atoms with Gasteiger partial charge < -0.3 is 5.32 Å². The Balaban J connectivity index is 2.00. The van der Waals surface area contributed by atoms with Gasteiger partial charge in [0.15, 0.2) is 0 Å². The highest BCUT2D eigenvalue weighted by Gasteiger charge is 2.08. The van der Waals surface area contributed by atoms with Crippen molar-refractivity contribution in [1.29, 1.82) is 0 Å². The van der Waals surface area contributed by atoms with Crippen molar-refractivity contribution in [3.63, 3.8) is 0 Å². The second kappa shape index (κ2) is 6.39. The summed E-state index contributed by atoms with van der Waals surface area (Å²) in [5, 5.41) is 14.7. The molecule has 0 aromatic heterocycles. The molecule has 104 valence electrons. The third-order valence-corrected chi connectivity index (χ3v) is 3.18. The molecule has 0 spiro atoms. The monoisotopic (exact) mass is 290 g/mol. The molecule has 0 amide bonds. The van der Waals surface area contributed by atoms with Gasteiger partial charge in [0, 0.05) is 28.9 Å². The average Bonchev–Trinajstić information content (AvgIpc) is 2.41. The summed E-state index contributed by atoms with van der Waals surface area (Å²) in [6.45, 7) is 2.04. The molecule has 0 radical (unpaired) electrons. The van der Waals surface area contributed by atoms with Crippen LogP contribution in [-0.4, -0.2) is 11.0 Å². The van der Waals surface area contributed by atoms with Gasteiger partial charge in [-0.05, 0) is 37.1 Å². The lowest BCUT2D eigenvalue weighted by Crippen LogP contribution is -2.18. The Bertz CT molecular complexity index is 599. The minimum Gasteiger partial charge on any atom is -0.382 e. The van der Waals surface area contributed by atoms with Crippen molar-refractivity contribution in [1.82, 2.24) is 0 Å². The zero-order chi connectivity index (χ0) is 14.5. The number of rotatable bonds is 5. The van der Waals surface area contributed by atoms with E-state index in [1.807, 2.05) is 37.3 Å². The van der Waals surface area contributed by atoms with E-state index in [-0.39, 0.29) is 11.7 Å². The first-order valence-corrected chi connectivity index (χ1v) is 6.68. The largest absolute Gasteiger partial charge is 0.382 e. The lowest BCUT2D eigenvalue weighted by atomic mass is 10.1. The van der Waals surface area contributed by atoms with E-state index in [0.29, 0.717) is 5.02 Å². The Hall–Kier alpha value is -2.07. The van der Waals surface area contributed by atoms with Crippen LogP contribution in [0.25, 0.3) is 0 Å². The molecule has 0 saturated carbocycles. The van der Waals surface area contributed by atoms with Crippen LogP contribution >= 0.6 is 11.6 Å². The van der Waals surface area contributed by atoms with Gasteiger partial charge in [0.1, 0.15) is 0 Å². The molecule has 2 rings (SSSR count). The molecule has 1 unspecified atom stereocenters. The second-order valence-corrected chi connectivity index (χ2v) is 5.12. The number of halogens is 1. The number of hydrogen-bond donors (Lipinski definition) is 1. The van der Waals surface area contributed by atoms with Crippen LogP contribution in [0, 0.1) is 10.1 Å². The number of hydrogen-bond acceptors (Lipinski definition) is 3. The van der Waals surface area contributed by atoms with Crippen LogP contribution in [0.5, 0.6) is 0 Å². The molecular formula is C15H15ClN2O2. The van der Waals surface area contributed by atoms with Crippen LogP contribution < -0.4 is 5.32 Å². The first-order valence-electron chi connectivity index (χ1n) is 6.30. The Morgan fingerprint density at radius 2 is 1.95 bits per heavy atom. The van der Waals surface area contributed by atoms with Crippen LogP contribution in [0.3, 0.4) is 0 Å². The number of nitro groups is 1. The second-order valence-electron chi connectivity index (χ2n) is 4.68. The molecule has 5 heteroatoms. The van der Waals surface area contributed by atoms with Crippen LogP contribution in [0.1, 0.15) is 12.5 Å². The zero-order valence-corrected chi connectivity index (χ0v) is 11.8. The van der Waals surface area contributed by atoms with Crippen LogP contribution in [-0.2, 0) is 6.42 Å². The topological polar surface area (TPSA) is 55.2 Å². The Morgan fingerprint density at radius 1 is 1.25 bits per heavy atom. The molecule has 0 heterocycles. The molecule has 0 saturated heterocycles. The van der Waals surface area contributed by atoms with E-state index in [4.69, 9.17) is 11.6 Å². The fraction of sp³-hybridized carbons (Fsp3) is 0.200. The Morgan fingerprint density at radius 3 is 2.60 bits per heavy atom. The van der Waals surface area contributed by atoms with Crippen molar-refractivity contribution in [3.8, 4) is 0 Å². The van der Waals surface area contributed by atoms with E-state index < -0.39 is 4.92 Å². The fourth-order valence-electron chi connectivity index (χ4n) is 2.02. The summed E-state index contributed by atoms with van der Waals surface area (Å²) in [5.41, 5.74) is 2.01. The summed E-state index contributed by atoms with van der Waals surface area (Å²) in [6.07, 6.45) is 0.819. The number of anilines is 1. The molecule has 0 fully saturated rings. The van der Waals surface area contributed by atoms with E-state index in [0.717, 1.165) is 12.1 Å². The maximum absolute atomic E-state index is 10.7. The predicted octanol–water partition coefficient (Wildman–Crippen LogP) is 4.29. The van der Waals surface area contributed by atoms with E-state index in [2.05, 4.69) is 5.32 Å². The quantitative estimate of drug-likeness (QED) is 0.660. The van der Waals surface area contributed by atoms with Gasteiger partial charge in [-0.15, -0.1) is 0 Å². The lowest BCUT2D eigenvalue weighted by Gasteiger charge is -2.15. The highest BCUT2D eigenvalue weighted by atomic mass is 35.5. The Labute approximate surface area is 122 Å². The molecule has 1 N–H and O–H groups in total. The van der Waals surface area contributed by atoms with Crippen LogP contribution in [0.2, 0.25) is 5.02 Å². The number of nitrogens with zero attached hydrogens (tertiary/aromatic N) is 1. The van der Waals surface area contributed by atoms with Crippen molar-refractivity contribution in [2.45, 2.75) is 19.4 Å². The maximum Gasteiger partial charge on any atom is 0.271 e. The molecule has 2 aromatic carbocycles. The molecule has 0 bridgehead atoms. The summed E-state index contributed by atoms with van der Waals surface area (Å²) in [6, 6.07) is 14.4. The summed E-state index contributed by atoms with van der Waals surface area (Å²) >= 11 is 5.85. The predicted molar refractivity (Wildman–Crippen MR) is 81.3 cm³/mol. The van der Waals surface area contributed by atoms with E-state index in [1.54, 1.807) is 12.1 Å². The van der Waals surface area contributed by atoms with Gasteiger partial charge in [-0.3, -0.25) is 10.1 Å². The molecule has 0 aliphatic rings. The van der Waals surface area contributed by atoms with Gasteiger partial charge in [0.05, 0.1) is 4.92 Å². The van der Waals surface area contributed by atoms with Crippen molar-refractivity contribution >= 4 is 23.0 Å².